The number of rotatable bonds is 5. The summed E-state index contributed by atoms with van der Waals surface area (Å²) in [5.41, 5.74) is 3.54. The molecule has 1 aliphatic heterocycles. The second kappa shape index (κ2) is 8.00. The molecule has 3 rings (SSSR count). The summed E-state index contributed by atoms with van der Waals surface area (Å²) in [6.45, 7) is 4.22. The number of carboxylic acid groups (broad SMARTS) is 1. The topological polar surface area (TPSA) is 60.9 Å². The number of carboxylic acids is 1. The molecule has 0 radical (unpaired) electrons. The Morgan fingerprint density at radius 3 is 2.48 bits per heavy atom. The third-order valence-corrected chi connectivity index (χ3v) is 5.61. The fourth-order valence-electron chi connectivity index (χ4n) is 4.16. The van der Waals surface area contributed by atoms with Crippen LogP contribution in [0, 0.1) is 0 Å². The van der Waals surface area contributed by atoms with E-state index in [9.17, 15) is 9.59 Å². The van der Waals surface area contributed by atoms with Crippen LogP contribution in [0.25, 0.3) is 0 Å². The van der Waals surface area contributed by atoms with E-state index in [0.29, 0.717) is 13.1 Å². The summed E-state index contributed by atoms with van der Waals surface area (Å²) in [7, 11) is 0. The third-order valence-electron chi connectivity index (χ3n) is 5.61. The largest absolute Gasteiger partial charge is 0.480 e. The molecule has 0 bridgehead atoms. The molecule has 136 valence electrons. The minimum absolute atomic E-state index is 0.0833. The van der Waals surface area contributed by atoms with Gasteiger partial charge in [-0.15, -0.1) is 0 Å². The van der Waals surface area contributed by atoms with E-state index in [1.54, 1.807) is 0 Å². The molecule has 1 aliphatic carbocycles. The number of hydrogen-bond acceptors (Lipinski definition) is 3. The van der Waals surface area contributed by atoms with Crippen LogP contribution in [0.5, 0.6) is 0 Å². The Morgan fingerprint density at radius 1 is 1.16 bits per heavy atom. The number of fused-ring (bicyclic) bond motifs is 1. The van der Waals surface area contributed by atoms with Crippen LogP contribution in [0.4, 0.5) is 0 Å². The van der Waals surface area contributed by atoms with Gasteiger partial charge in [0.2, 0.25) is 0 Å². The van der Waals surface area contributed by atoms with Crippen LogP contribution in [0.3, 0.4) is 0 Å². The highest BCUT2D eigenvalue weighted by molar-refractivity contribution is 5.94. The number of carbonyl (C=O) groups excluding carboxylic acids is 1. The second-order valence-electron chi connectivity index (χ2n) is 7.17. The normalized spacial score (nSPS) is 18.2. The standard InChI is InChI=1S/C20H28N2O3/c1-2-21(14-19(23)24)18-9-11-22(12-10-18)20(25)17-8-7-15-5-3-4-6-16(15)13-17/h7-8,13,18H,2-6,9-12,14H2,1H3,(H,23,24). The third kappa shape index (κ3) is 4.21. The van der Waals surface area contributed by atoms with Crippen molar-refractivity contribution in [2.24, 2.45) is 0 Å². The average molecular weight is 344 g/mol. The maximum Gasteiger partial charge on any atom is 0.317 e. The highest BCUT2D eigenvalue weighted by Gasteiger charge is 2.28. The van der Waals surface area contributed by atoms with Gasteiger partial charge in [0.25, 0.3) is 5.91 Å². The van der Waals surface area contributed by atoms with Gasteiger partial charge in [0.1, 0.15) is 0 Å². The first-order valence-electron chi connectivity index (χ1n) is 9.45. The number of likely N-dealkylation sites (tertiary alicyclic amines) is 1. The van der Waals surface area contributed by atoms with Crippen LogP contribution >= 0.6 is 0 Å². The SMILES string of the molecule is CCN(CC(=O)O)C1CCN(C(=O)c2ccc3c(c2)CCCC3)CC1. The number of benzene rings is 1. The lowest BCUT2D eigenvalue weighted by Gasteiger charge is -2.37. The van der Waals surface area contributed by atoms with Gasteiger partial charge in [-0.05, 0) is 68.3 Å². The van der Waals surface area contributed by atoms with Gasteiger partial charge < -0.3 is 10.0 Å². The summed E-state index contributed by atoms with van der Waals surface area (Å²) in [5.74, 6) is -0.664. The van der Waals surface area contributed by atoms with Crippen LogP contribution < -0.4 is 0 Å². The predicted molar refractivity (Wildman–Crippen MR) is 96.9 cm³/mol. The van der Waals surface area contributed by atoms with Crippen molar-refractivity contribution < 1.29 is 14.7 Å². The molecule has 1 fully saturated rings. The summed E-state index contributed by atoms with van der Waals surface area (Å²) in [5, 5.41) is 9.03. The van der Waals surface area contributed by atoms with E-state index < -0.39 is 5.97 Å². The van der Waals surface area contributed by atoms with Crippen molar-refractivity contribution in [3.63, 3.8) is 0 Å². The van der Waals surface area contributed by atoms with Crippen LogP contribution in [0.1, 0.15) is 54.1 Å². The lowest BCUT2D eigenvalue weighted by molar-refractivity contribution is -0.139. The molecule has 1 saturated heterocycles. The Balaban J connectivity index is 1.61. The van der Waals surface area contributed by atoms with Gasteiger partial charge in [0.15, 0.2) is 0 Å². The van der Waals surface area contributed by atoms with Crippen molar-refractivity contribution in [1.82, 2.24) is 9.80 Å². The molecule has 0 spiro atoms. The first-order chi connectivity index (χ1) is 12.1. The van der Waals surface area contributed by atoms with Crippen LogP contribution in [-0.4, -0.2) is 59.0 Å². The number of piperidine rings is 1. The Labute approximate surface area is 149 Å². The molecule has 5 nitrogen and oxygen atoms in total. The van der Waals surface area contributed by atoms with E-state index in [-0.39, 0.29) is 18.5 Å². The van der Waals surface area contributed by atoms with Crippen molar-refractivity contribution in [2.75, 3.05) is 26.2 Å². The summed E-state index contributed by atoms with van der Waals surface area (Å²) >= 11 is 0. The zero-order valence-electron chi connectivity index (χ0n) is 15.0. The minimum atomic E-state index is -0.783. The molecule has 1 heterocycles. The van der Waals surface area contributed by atoms with Crippen molar-refractivity contribution in [3.8, 4) is 0 Å². The number of aryl methyl sites for hydroxylation is 2. The summed E-state index contributed by atoms with van der Waals surface area (Å²) in [4.78, 5) is 27.7. The van der Waals surface area contributed by atoms with Crippen molar-refractivity contribution in [2.45, 2.75) is 51.5 Å². The van der Waals surface area contributed by atoms with Crippen molar-refractivity contribution in [1.29, 1.82) is 0 Å². The number of amides is 1. The van der Waals surface area contributed by atoms with Crippen LogP contribution in [0.15, 0.2) is 18.2 Å². The zero-order valence-corrected chi connectivity index (χ0v) is 15.0. The predicted octanol–water partition coefficient (Wildman–Crippen LogP) is 2.58. The molecule has 2 aliphatic rings. The molecular weight excluding hydrogens is 316 g/mol. The van der Waals surface area contributed by atoms with Gasteiger partial charge in [-0.3, -0.25) is 14.5 Å². The zero-order chi connectivity index (χ0) is 17.8. The number of hydrogen-bond donors (Lipinski definition) is 1. The van der Waals surface area contributed by atoms with Crippen LogP contribution in [0.2, 0.25) is 0 Å². The Hall–Kier alpha value is -1.88. The van der Waals surface area contributed by atoms with Gasteiger partial charge >= 0.3 is 5.97 Å². The van der Waals surface area contributed by atoms with Crippen molar-refractivity contribution in [3.05, 3.63) is 34.9 Å². The smallest absolute Gasteiger partial charge is 0.317 e. The van der Waals surface area contributed by atoms with Gasteiger partial charge in [-0.2, -0.15) is 0 Å². The second-order valence-corrected chi connectivity index (χ2v) is 7.17. The first kappa shape index (κ1) is 17.9. The van der Waals surface area contributed by atoms with E-state index in [0.717, 1.165) is 37.8 Å². The van der Waals surface area contributed by atoms with E-state index in [4.69, 9.17) is 5.11 Å². The molecule has 0 atom stereocenters. The maximum atomic E-state index is 12.8. The quantitative estimate of drug-likeness (QED) is 0.892. The van der Waals surface area contributed by atoms with Crippen molar-refractivity contribution >= 4 is 11.9 Å². The average Bonchev–Trinajstić information content (AvgIpc) is 2.65. The molecule has 1 N–H and O–H groups in total. The lowest BCUT2D eigenvalue weighted by Crippen LogP contribution is -2.48. The van der Waals surface area contributed by atoms with Gasteiger partial charge in [-0.1, -0.05) is 13.0 Å². The van der Waals surface area contributed by atoms with E-state index in [1.807, 2.05) is 22.8 Å². The summed E-state index contributed by atoms with van der Waals surface area (Å²) in [6.07, 6.45) is 6.37. The van der Waals surface area contributed by atoms with E-state index >= 15 is 0 Å². The summed E-state index contributed by atoms with van der Waals surface area (Å²) in [6, 6.07) is 6.45. The molecular formula is C20H28N2O3. The highest BCUT2D eigenvalue weighted by Crippen LogP contribution is 2.24. The number of nitrogens with zero attached hydrogens (tertiary/aromatic N) is 2. The number of aliphatic carboxylic acids is 1. The molecule has 0 saturated carbocycles. The molecule has 1 amide bonds. The molecule has 0 unspecified atom stereocenters. The molecule has 5 heteroatoms. The molecule has 25 heavy (non-hydrogen) atoms. The Bertz CT molecular complexity index is 636. The molecule has 1 aromatic rings. The van der Waals surface area contributed by atoms with Gasteiger partial charge in [0, 0.05) is 24.7 Å². The first-order valence-corrected chi connectivity index (χ1v) is 9.45. The fraction of sp³-hybridized carbons (Fsp3) is 0.600. The molecule has 0 aromatic heterocycles. The lowest BCUT2D eigenvalue weighted by atomic mass is 9.90. The maximum absolute atomic E-state index is 12.8. The van der Waals surface area contributed by atoms with Gasteiger partial charge in [-0.25, -0.2) is 0 Å². The monoisotopic (exact) mass is 344 g/mol. The van der Waals surface area contributed by atoms with Gasteiger partial charge in [0.05, 0.1) is 6.54 Å². The Kier molecular flexibility index (Phi) is 5.74. The van der Waals surface area contributed by atoms with E-state index in [1.165, 1.54) is 24.0 Å². The van der Waals surface area contributed by atoms with E-state index in [2.05, 4.69) is 12.1 Å². The van der Waals surface area contributed by atoms with Crippen LogP contribution in [-0.2, 0) is 17.6 Å². The minimum Gasteiger partial charge on any atom is -0.480 e. The highest BCUT2D eigenvalue weighted by atomic mass is 16.4. The Morgan fingerprint density at radius 2 is 1.84 bits per heavy atom. The molecule has 1 aromatic carbocycles. The number of likely N-dealkylation sites (N-methyl/N-ethyl adjacent to an activating group) is 1. The summed E-state index contributed by atoms with van der Waals surface area (Å²) < 4.78 is 0. The fourth-order valence-corrected chi connectivity index (χ4v) is 4.16. The number of carbonyl (C=O) groups is 2.